The van der Waals surface area contributed by atoms with E-state index in [0.29, 0.717) is 30.0 Å². The molecular formula is C21H21F3N6O3S. The molecule has 2 aliphatic heterocycles. The highest BCUT2D eigenvalue weighted by Crippen LogP contribution is 2.36. The number of aromatic nitrogens is 3. The van der Waals surface area contributed by atoms with Gasteiger partial charge >= 0.3 is 0 Å². The molecule has 0 bridgehead atoms. The first-order chi connectivity index (χ1) is 16.2. The van der Waals surface area contributed by atoms with Crippen molar-refractivity contribution in [2.75, 3.05) is 21.9 Å². The molecule has 0 amide bonds. The number of pyridine rings is 1. The number of hydrogen-bond acceptors (Lipinski definition) is 7. The number of anilines is 2. The van der Waals surface area contributed by atoms with Gasteiger partial charge in [-0.25, -0.2) is 26.5 Å². The quantitative estimate of drug-likeness (QED) is 0.414. The van der Waals surface area contributed by atoms with Crippen LogP contribution in [0.4, 0.5) is 24.5 Å². The summed E-state index contributed by atoms with van der Waals surface area (Å²) in [6.45, 7) is 0.633. The Bertz CT molecular complexity index is 1300. The molecule has 1 unspecified atom stereocenters. The second kappa shape index (κ2) is 8.56. The fourth-order valence-corrected chi connectivity index (χ4v) is 5.93. The molecular weight excluding hydrogens is 473 g/mol. The molecule has 1 saturated heterocycles. The molecule has 2 atom stereocenters. The van der Waals surface area contributed by atoms with Gasteiger partial charge in [0.2, 0.25) is 10.0 Å². The number of sulfonamides is 1. The highest BCUT2D eigenvalue weighted by Gasteiger charge is 2.38. The largest absolute Gasteiger partial charge is 0.361 e. The van der Waals surface area contributed by atoms with Gasteiger partial charge < -0.3 is 10.4 Å². The molecule has 0 spiro atoms. The zero-order valence-electron chi connectivity index (χ0n) is 17.8. The van der Waals surface area contributed by atoms with Gasteiger partial charge in [-0.05, 0) is 18.6 Å². The predicted molar refractivity (Wildman–Crippen MR) is 116 cm³/mol. The average Bonchev–Trinajstić information content (AvgIpc) is 3.38. The van der Waals surface area contributed by atoms with Crippen LogP contribution in [-0.4, -0.2) is 51.8 Å². The number of hydrogen-bond donors (Lipinski definition) is 2. The molecule has 1 aromatic carbocycles. The third kappa shape index (κ3) is 3.99. The van der Waals surface area contributed by atoms with Crippen molar-refractivity contribution in [3.8, 4) is 0 Å². The molecule has 4 heterocycles. The Morgan fingerprint density at radius 3 is 2.59 bits per heavy atom. The molecule has 9 nitrogen and oxygen atoms in total. The molecule has 2 aliphatic rings. The van der Waals surface area contributed by atoms with Crippen LogP contribution in [0, 0.1) is 17.5 Å². The third-order valence-corrected chi connectivity index (χ3v) is 7.85. The van der Waals surface area contributed by atoms with E-state index >= 15 is 0 Å². The Labute approximate surface area is 193 Å². The van der Waals surface area contributed by atoms with E-state index in [2.05, 4.69) is 15.4 Å². The van der Waals surface area contributed by atoms with Gasteiger partial charge in [-0.1, -0.05) is 6.07 Å². The number of aliphatic hydroxyl groups is 1. The topological polar surface area (TPSA) is 104 Å². The average molecular weight is 494 g/mol. The maximum Gasteiger partial charge on any atom is 0.235 e. The van der Waals surface area contributed by atoms with Crippen LogP contribution in [0.1, 0.15) is 23.9 Å². The summed E-state index contributed by atoms with van der Waals surface area (Å²) in [5, 5.41) is 18.0. The molecule has 2 N–H and O–H groups in total. The van der Waals surface area contributed by atoms with Gasteiger partial charge in [-0.2, -0.15) is 5.10 Å². The minimum atomic E-state index is -3.46. The molecule has 0 radical (unpaired) electrons. The monoisotopic (exact) mass is 494 g/mol. The van der Waals surface area contributed by atoms with Gasteiger partial charge in [0, 0.05) is 37.1 Å². The number of nitrogens with zero attached hydrogens (tertiary/aromatic N) is 5. The number of fused-ring (bicyclic) bond motifs is 1. The highest BCUT2D eigenvalue weighted by molar-refractivity contribution is 7.93. The van der Waals surface area contributed by atoms with Crippen LogP contribution in [0.25, 0.3) is 0 Å². The van der Waals surface area contributed by atoms with E-state index in [4.69, 9.17) is 0 Å². The summed E-state index contributed by atoms with van der Waals surface area (Å²) in [7, 11) is -3.46. The lowest BCUT2D eigenvalue weighted by atomic mass is 10.1. The van der Waals surface area contributed by atoms with E-state index in [0.717, 1.165) is 12.1 Å². The van der Waals surface area contributed by atoms with Crippen molar-refractivity contribution in [3.63, 3.8) is 0 Å². The summed E-state index contributed by atoms with van der Waals surface area (Å²) in [6.07, 6.45) is 2.11. The van der Waals surface area contributed by atoms with Crippen LogP contribution in [-0.2, 0) is 23.1 Å². The zero-order valence-corrected chi connectivity index (χ0v) is 18.6. The number of rotatable bonds is 5. The third-order valence-electron chi connectivity index (χ3n) is 6.00. The number of benzene rings is 1. The Balaban J connectivity index is 1.50. The number of halogens is 3. The number of aliphatic hydroxyl groups excluding tert-OH is 1. The van der Waals surface area contributed by atoms with E-state index in [-0.39, 0.29) is 24.5 Å². The molecule has 180 valence electrons. The number of nitrogens with one attached hydrogen (secondary N) is 1. The summed E-state index contributed by atoms with van der Waals surface area (Å²) in [6, 6.07) is 6.27. The van der Waals surface area contributed by atoms with E-state index in [1.165, 1.54) is 10.5 Å². The molecule has 0 aliphatic carbocycles. The summed E-state index contributed by atoms with van der Waals surface area (Å²) in [5.74, 6) is -4.35. The molecule has 13 heteroatoms. The predicted octanol–water partition coefficient (Wildman–Crippen LogP) is 2.18. The van der Waals surface area contributed by atoms with Crippen LogP contribution in [0.5, 0.6) is 0 Å². The first-order valence-corrected chi connectivity index (χ1v) is 12.2. The van der Waals surface area contributed by atoms with Crippen LogP contribution < -0.4 is 9.62 Å². The first kappa shape index (κ1) is 22.6. The molecule has 1 fully saturated rings. The van der Waals surface area contributed by atoms with Gasteiger partial charge in [-0.15, -0.1) is 0 Å². The van der Waals surface area contributed by atoms with Crippen LogP contribution in [0.2, 0.25) is 0 Å². The molecule has 3 aromatic rings. The van der Waals surface area contributed by atoms with Gasteiger partial charge in [0.25, 0.3) is 0 Å². The maximum atomic E-state index is 13.7. The van der Waals surface area contributed by atoms with E-state index in [1.54, 1.807) is 34.0 Å². The van der Waals surface area contributed by atoms with Crippen LogP contribution in [0.3, 0.4) is 0 Å². The normalized spacial score (nSPS) is 20.8. The van der Waals surface area contributed by atoms with Gasteiger partial charge in [0.05, 0.1) is 41.6 Å². The lowest BCUT2D eigenvalue weighted by Gasteiger charge is -2.39. The second-order valence-corrected chi connectivity index (χ2v) is 10.1. The van der Waals surface area contributed by atoms with Crippen molar-refractivity contribution >= 4 is 21.4 Å². The van der Waals surface area contributed by atoms with E-state index < -0.39 is 39.9 Å². The van der Waals surface area contributed by atoms with E-state index in [9.17, 15) is 26.7 Å². The molecule has 0 saturated carbocycles. The van der Waals surface area contributed by atoms with Crippen molar-refractivity contribution in [3.05, 3.63) is 71.6 Å². The van der Waals surface area contributed by atoms with Crippen molar-refractivity contribution in [1.29, 1.82) is 0 Å². The lowest BCUT2D eigenvalue weighted by Crippen LogP contribution is -2.47. The summed E-state index contributed by atoms with van der Waals surface area (Å²) in [5.41, 5.74) is 1.43. The Morgan fingerprint density at radius 1 is 1.18 bits per heavy atom. The van der Waals surface area contributed by atoms with E-state index in [1.807, 2.05) is 0 Å². The van der Waals surface area contributed by atoms with Gasteiger partial charge in [-0.3, -0.25) is 14.0 Å². The molecule has 2 aromatic heterocycles. The van der Waals surface area contributed by atoms with Gasteiger partial charge in [0.1, 0.15) is 0 Å². The fourth-order valence-electron chi connectivity index (χ4n) is 4.36. The Hall–Kier alpha value is -3.16. The molecule has 34 heavy (non-hydrogen) atoms. The van der Waals surface area contributed by atoms with Crippen molar-refractivity contribution in [2.45, 2.75) is 31.9 Å². The fraction of sp³-hybridized carbons (Fsp3) is 0.333. The first-order valence-electron chi connectivity index (χ1n) is 10.6. The maximum absolute atomic E-state index is 13.7. The second-order valence-electron chi connectivity index (χ2n) is 8.11. The van der Waals surface area contributed by atoms with Crippen LogP contribution in [0.15, 0.2) is 42.7 Å². The van der Waals surface area contributed by atoms with Gasteiger partial charge in [0.15, 0.2) is 23.8 Å². The Kier molecular flexibility index (Phi) is 5.70. The summed E-state index contributed by atoms with van der Waals surface area (Å²) >= 11 is 0. The van der Waals surface area contributed by atoms with Crippen molar-refractivity contribution < 1.29 is 26.7 Å². The summed E-state index contributed by atoms with van der Waals surface area (Å²) in [4.78, 5) is 5.94. The van der Waals surface area contributed by atoms with Crippen LogP contribution >= 0.6 is 0 Å². The highest BCUT2D eigenvalue weighted by atomic mass is 32.2. The lowest BCUT2D eigenvalue weighted by molar-refractivity contribution is -0.0324. The van der Waals surface area contributed by atoms with Crippen molar-refractivity contribution in [1.82, 2.24) is 19.7 Å². The molecule has 5 rings (SSSR count). The smallest absolute Gasteiger partial charge is 0.235 e. The zero-order chi connectivity index (χ0) is 24.0. The standard InChI is InChI=1S/C21H21F3N6O3S/c22-14-8-13(9-15(23)20(14)24)27-21(31)28-11-19-17(30-6-3-7-34(30,32)33)10-26-29(19)12-18(28)16-4-1-2-5-25-16/h1-2,4-5,8-10,18,21,27,31H,3,6-7,11-12H2/t18-,21?/m1/s1. The SMILES string of the molecule is O=S1(=O)CCCN1c1cnn2c1CN(C(O)Nc1cc(F)c(F)c(F)c1)[C@@H](c1ccccn1)C2. The summed E-state index contributed by atoms with van der Waals surface area (Å²) < 4.78 is 68.7. The van der Waals surface area contributed by atoms with Crippen molar-refractivity contribution in [2.24, 2.45) is 0 Å². The minimum Gasteiger partial charge on any atom is -0.361 e. The Morgan fingerprint density at radius 2 is 1.94 bits per heavy atom. The minimum absolute atomic E-state index is 0.0454.